The number of benzene rings is 2. The molecule has 1 fully saturated rings. The Morgan fingerprint density at radius 2 is 1.55 bits per heavy atom. The van der Waals surface area contributed by atoms with Crippen LogP contribution in [-0.2, 0) is 4.79 Å². The highest BCUT2D eigenvalue weighted by Gasteiger charge is 2.14. The molecule has 1 aliphatic rings. The summed E-state index contributed by atoms with van der Waals surface area (Å²) in [5, 5.41) is 0. The van der Waals surface area contributed by atoms with Gasteiger partial charge >= 0.3 is 0 Å². The third-order valence-electron chi connectivity index (χ3n) is 3.79. The molecule has 1 heteroatoms. The van der Waals surface area contributed by atoms with E-state index >= 15 is 0 Å². The van der Waals surface area contributed by atoms with Crippen LogP contribution in [0.15, 0.2) is 60.2 Å². The van der Waals surface area contributed by atoms with Crippen molar-refractivity contribution in [2.24, 2.45) is 0 Å². The maximum Gasteiger partial charge on any atom is 0.158 e. The molecule has 0 aliphatic heterocycles. The van der Waals surface area contributed by atoms with E-state index in [1.807, 2.05) is 18.2 Å². The van der Waals surface area contributed by atoms with Gasteiger partial charge < -0.3 is 0 Å². The number of rotatable bonds is 2. The molecular formula is C19H18O. The molecule has 0 bridgehead atoms. The summed E-state index contributed by atoms with van der Waals surface area (Å²) in [6.45, 7) is 0. The van der Waals surface area contributed by atoms with E-state index in [0.29, 0.717) is 12.2 Å². The molecule has 0 saturated heterocycles. The van der Waals surface area contributed by atoms with Gasteiger partial charge in [-0.3, -0.25) is 4.79 Å². The zero-order chi connectivity index (χ0) is 13.8. The number of carbonyl (C=O) groups excluding carboxylic acids is 1. The number of ketones is 1. The Balaban J connectivity index is 1.92. The Hall–Kier alpha value is -2.15. The van der Waals surface area contributed by atoms with Crippen LogP contribution in [0.1, 0.15) is 31.2 Å². The van der Waals surface area contributed by atoms with Crippen molar-refractivity contribution in [1.82, 2.24) is 0 Å². The summed E-state index contributed by atoms with van der Waals surface area (Å²) in [5.41, 5.74) is 4.52. The van der Waals surface area contributed by atoms with Crippen LogP contribution in [0.5, 0.6) is 0 Å². The van der Waals surface area contributed by atoms with Crippen LogP contribution in [0, 0.1) is 0 Å². The molecule has 0 atom stereocenters. The van der Waals surface area contributed by atoms with Gasteiger partial charge in [0.25, 0.3) is 0 Å². The first-order chi connectivity index (χ1) is 9.83. The lowest BCUT2D eigenvalue weighted by molar-refractivity contribution is -0.116. The highest BCUT2D eigenvalue weighted by atomic mass is 16.1. The number of Topliss-reactive ketones (excluding diaryl/α,β-unsaturated/α-hetero) is 1. The summed E-state index contributed by atoms with van der Waals surface area (Å²) >= 11 is 0. The van der Waals surface area contributed by atoms with Crippen molar-refractivity contribution < 1.29 is 4.79 Å². The van der Waals surface area contributed by atoms with Crippen LogP contribution in [0.3, 0.4) is 0 Å². The van der Waals surface area contributed by atoms with Crippen molar-refractivity contribution in [2.75, 3.05) is 0 Å². The second kappa shape index (κ2) is 5.87. The molecule has 100 valence electrons. The third kappa shape index (κ3) is 2.88. The Morgan fingerprint density at radius 1 is 0.800 bits per heavy atom. The highest BCUT2D eigenvalue weighted by molar-refractivity contribution is 6.00. The Labute approximate surface area is 120 Å². The fourth-order valence-corrected chi connectivity index (χ4v) is 2.69. The number of hydrogen-bond donors (Lipinski definition) is 0. The summed E-state index contributed by atoms with van der Waals surface area (Å²) in [7, 11) is 0. The molecule has 0 heterocycles. The van der Waals surface area contributed by atoms with Gasteiger partial charge in [-0.1, -0.05) is 48.5 Å². The molecule has 0 unspecified atom stereocenters. The van der Waals surface area contributed by atoms with Crippen LogP contribution < -0.4 is 0 Å². The van der Waals surface area contributed by atoms with Gasteiger partial charge in [0.2, 0.25) is 0 Å². The Kier molecular flexibility index (Phi) is 3.78. The first kappa shape index (κ1) is 12.9. The first-order valence-corrected chi connectivity index (χ1v) is 7.22. The average molecular weight is 262 g/mol. The predicted molar refractivity (Wildman–Crippen MR) is 83.3 cm³/mol. The van der Waals surface area contributed by atoms with Gasteiger partial charge in [-0.05, 0) is 53.7 Å². The lowest BCUT2D eigenvalue weighted by atomic mass is 9.91. The standard InChI is InChI=1S/C19H18O/c20-19-12-5-4-10-18(19)14-15-7-6-11-17(13-15)16-8-2-1-3-9-16/h1-3,6-9,11,13-14H,4-5,10,12H2/b18-14+. The second-order valence-corrected chi connectivity index (χ2v) is 5.29. The molecule has 0 amide bonds. The fourth-order valence-electron chi connectivity index (χ4n) is 2.69. The van der Waals surface area contributed by atoms with Crippen LogP contribution in [0.2, 0.25) is 0 Å². The van der Waals surface area contributed by atoms with Gasteiger partial charge in [-0.15, -0.1) is 0 Å². The molecule has 2 aromatic rings. The molecule has 1 nitrogen and oxygen atoms in total. The lowest BCUT2D eigenvalue weighted by Gasteiger charge is -2.12. The molecule has 0 aromatic heterocycles. The van der Waals surface area contributed by atoms with Gasteiger partial charge in [0.15, 0.2) is 5.78 Å². The van der Waals surface area contributed by atoms with Crippen molar-refractivity contribution >= 4 is 11.9 Å². The van der Waals surface area contributed by atoms with Gasteiger partial charge in [0.1, 0.15) is 0 Å². The van der Waals surface area contributed by atoms with Gasteiger partial charge in [-0.2, -0.15) is 0 Å². The van der Waals surface area contributed by atoms with Crippen LogP contribution in [0.25, 0.3) is 17.2 Å². The minimum Gasteiger partial charge on any atom is -0.295 e. The largest absolute Gasteiger partial charge is 0.295 e. The van der Waals surface area contributed by atoms with Gasteiger partial charge in [0.05, 0.1) is 0 Å². The minimum atomic E-state index is 0.321. The summed E-state index contributed by atoms with van der Waals surface area (Å²) < 4.78 is 0. The van der Waals surface area contributed by atoms with E-state index in [4.69, 9.17) is 0 Å². The number of carbonyl (C=O) groups is 1. The summed E-state index contributed by atoms with van der Waals surface area (Å²) in [6.07, 6.45) is 5.88. The fraction of sp³-hybridized carbons (Fsp3) is 0.211. The molecule has 0 spiro atoms. The second-order valence-electron chi connectivity index (χ2n) is 5.29. The van der Waals surface area contributed by atoms with Crippen LogP contribution in [0.4, 0.5) is 0 Å². The quantitative estimate of drug-likeness (QED) is 0.705. The molecule has 2 aromatic carbocycles. The molecule has 3 rings (SSSR count). The van der Waals surface area contributed by atoms with Crippen molar-refractivity contribution in [3.05, 3.63) is 65.7 Å². The van der Waals surface area contributed by atoms with Crippen molar-refractivity contribution in [1.29, 1.82) is 0 Å². The lowest BCUT2D eigenvalue weighted by Crippen LogP contribution is -2.07. The van der Waals surface area contributed by atoms with E-state index in [1.165, 1.54) is 11.1 Å². The summed E-state index contributed by atoms with van der Waals surface area (Å²) in [4.78, 5) is 11.9. The smallest absolute Gasteiger partial charge is 0.158 e. The normalized spacial score (nSPS) is 17.4. The highest BCUT2D eigenvalue weighted by Crippen LogP contribution is 2.25. The van der Waals surface area contributed by atoms with E-state index in [2.05, 4.69) is 42.5 Å². The maximum absolute atomic E-state index is 11.9. The van der Waals surface area contributed by atoms with Crippen molar-refractivity contribution in [3.8, 4) is 11.1 Å². The molecule has 1 aliphatic carbocycles. The Morgan fingerprint density at radius 3 is 2.35 bits per heavy atom. The van der Waals surface area contributed by atoms with E-state index < -0.39 is 0 Å². The average Bonchev–Trinajstić information content (AvgIpc) is 2.51. The van der Waals surface area contributed by atoms with E-state index in [9.17, 15) is 4.79 Å². The topological polar surface area (TPSA) is 17.1 Å². The Bertz CT molecular complexity index is 638. The maximum atomic E-state index is 11.9. The third-order valence-corrected chi connectivity index (χ3v) is 3.79. The van der Waals surface area contributed by atoms with Gasteiger partial charge in [0, 0.05) is 6.42 Å². The predicted octanol–water partition coefficient (Wildman–Crippen LogP) is 4.88. The zero-order valence-electron chi connectivity index (χ0n) is 11.5. The summed E-state index contributed by atoms with van der Waals surface area (Å²) in [5.74, 6) is 0.321. The molecular weight excluding hydrogens is 244 g/mol. The van der Waals surface area contributed by atoms with E-state index in [1.54, 1.807) is 0 Å². The van der Waals surface area contributed by atoms with Crippen molar-refractivity contribution in [3.63, 3.8) is 0 Å². The van der Waals surface area contributed by atoms with E-state index in [-0.39, 0.29) is 0 Å². The molecule has 0 N–H and O–H groups in total. The van der Waals surface area contributed by atoms with Crippen LogP contribution >= 0.6 is 0 Å². The molecule has 1 saturated carbocycles. The van der Waals surface area contributed by atoms with Crippen molar-refractivity contribution in [2.45, 2.75) is 25.7 Å². The monoisotopic (exact) mass is 262 g/mol. The summed E-state index contributed by atoms with van der Waals surface area (Å²) in [6, 6.07) is 18.7. The van der Waals surface area contributed by atoms with Gasteiger partial charge in [-0.25, -0.2) is 0 Å². The molecule has 20 heavy (non-hydrogen) atoms. The zero-order valence-corrected chi connectivity index (χ0v) is 11.5. The molecule has 0 radical (unpaired) electrons. The van der Waals surface area contributed by atoms with Crippen LogP contribution in [-0.4, -0.2) is 5.78 Å². The number of hydrogen-bond acceptors (Lipinski definition) is 1. The number of allylic oxidation sites excluding steroid dienone is 1. The minimum absolute atomic E-state index is 0.321. The SMILES string of the molecule is O=C1CCCC/C1=C\c1cccc(-c2ccccc2)c1. The first-order valence-electron chi connectivity index (χ1n) is 7.22. The van der Waals surface area contributed by atoms with E-state index in [0.717, 1.165) is 30.4 Å².